The Morgan fingerprint density at radius 2 is 1.56 bits per heavy atom. The molecule has 3 nitrogen and oxygen atoms in total. The van der Waals surface area contributed by atoms with E-state index >= 15 is 0 Å². The first-order chi connectivity index (χ1) is 7.16. The molecule has 0 bridgehead atoms. The Kier molecular flexibility index (Phi) is 3.29. The third-order valence-corrected chi connectivity index (χ3v) is 3.81. The van der Waals surface area contributed by atoms with E-state index in [1.54, 1.807) is 12.1 Å². The van der Waals surface area contributed by atoms with Gasteiger partial charge in [0.1, 0.15) is 0 Å². The van der Waals surface area contributed by atoms with Gasteiger partial charge in [0.2, 0.25) is 0 Å². The topological polar surface area (TPSA) is 43.1 Å². The maximum absolute atomic E-state index is 10.5. The molecule has 0 radical (unpaired) electrons. The van der Waals surface area contributed by atoms with Crippen molar-refractivity contribution in [1.29, 1.82) is 0 Å². The molecule has 4 heteroatoms. The molecule has 0 spiro atoms. The zero-order valence-corrected chi connectivity index (χ0v) is 10.7. The van der Waals surface area contributed by atoms with Crippen molar-refractivity contribution >= 4 is 17.3 Å². The minimum Gasteiger partial charge on any atom is -0.258 e. The number of nitro groups is 1. The monoisotopic (exact) mass is 241 g/mol. The van der Waals surface area contributed by atoms with Gasteiger partial charge in [-0.15, -0.1) is 11.6 Å². The molecule has 0 aliphatic carbocycles. The van der Waals surface area contributed by atoms with Gasteiger partial charge in [0.25, 0.3) is 5.69 Å². The van der Waals surface area contributed by atoms with E-state index < -0.39 is 9.80 Å². The predicted molar refractivity (Wildman–Crippen MR) is 65.8 cm³/mol. The molecule has 1 aromatic rings. The molecule has 16 heavy (non-hydrogen) atoms. The molecule has 1 rings (SSSR count). The molecule has 88 valence electrons. The van der Waals surface area contributed by atoms with Gasteiger partial charge in [-0.25, -0.2) is 0 Å². The average Bonchev–Trinajstić information content (AvgIpc) is 2.16. The summed E-state index contributed by atoms with van der Waals surface area (Å²) in [4.78, 5) is 9.58. The molecule has 0 saturated carbocycles. The number of alkyl halides is 1. The number of rotatable bonds is 2. The number of hydrogen-bond acceptors (Lipinski definition) is 2. The van der Waals surface area contributed by atoms with E-state index in [1.165, 1.54) is 12.1 Å². The summed E-state index contributed by atoms with van der Waals surface area (Å²) in [5.74, 6) is 0. The number of hydrogen-bond donors (Lipinski definition) is 0. The van der Waals surface area contributed by atoms with Gasteiger partial charge in [-0.3, -0.25) is 10.1 Å². The van der Waals surface area contributed by atoms with Gasteiger partial charge >= 0.3 is 0 Å². The molecule has 1 aromatic carbocycles. The number of non-ortho nitro benzene ring substituents is 1. The first kappa shape index (κ1) is 13.0. The summed E-state index contributed by atoms with van der Waals surface area (Å²) >= 11 is 6.50. The van der Waals surface area contributed by atoms with Gasteiger partial charge < -0.3 is 0 Å². The van der Waals surface area contributed by atoms with Crippen LogP contribution in [0.4, 0.5) is 5.69 Å². The van der Waals surface area contributed by atoms with Crippen LogP contribution in [0.3, 0.4) is 0 Å². The minimum atomic E-state index is -0.540. The summed E-state index contributed by atoms with van der Waals surface area (Å²) in [6, 6.07) is 6.41. The maximum Gasteiger partial charge on any atom is 0.269 e. The van der Waals surface area contributed by atoms with E-state index in [0.29, 0.717) is 0 Å². The summed E-state index contributed by atoms with van der Waals surface area (Å²) in [6.07, 6.45) is 0. The van der Waals surface area contributed by atoms with Gasteiger partial charge in [-0.1, -0.05) is 32.9 Å². The van der Waals surface area contributed by atoms with Gasteiger partial charge in [0.15, 0.2) is 0 Å². The first-order valence-electron chi connectivity index (χ1n) is 5.10. The van der Waals surface area contributed by atoms with E-state index in [2.05, 4.69) is 0 Å². The Bertz CT molecular complexity index is 390. The van der Waals surface area contributed by atoms with Crippen molar-refractivity contribution in [3.63, 3.8) is 0 Å². The van der Waals surface area contributed by atoms with Crippen LogP contribution in [0.5, 0.6) is 0 Å². The van der Waals surface area contributed by atoms with Crippen molar-refractivity contribution in [2.45, 2.75) is 32.6 Å². The number of nitrogens with zero attached hydrogens (tertiary/aromatic N) is 1. The third-order valence-electron chi connectivity index (χ3n) is 3.03. The number of benzene rings is 1. The normalized spacial score (nSPS) is 15.6. The summed E-state index contributed by atoms with van der Waals surface area (Å²) in [6.45, 7) is 8.06. The number of halogens is 1. The highest BCUT2D eigenvalue weighted by Gasteiger charge is 2.37. The SMILES string of the molecule is CC(C)(C)C(C)(Cl)c1ccc([N+](=O)[O-])cc1. The van der Waals surface area contributed by atoms with Crippen molar-refractivity contribution in [2.24, 2.45) is 5.41 Å². The van der Waals surface area contributed by atoms with Crippen LogP contribution in [0, 0.1) is 15.5 Å². The predicted octanol–water partition coefficient (Wildman–Crippen LogP) is 4.09. The average molecular weight is 242 g/mol. The highest BCUT2D eigenvalue weighted by molar-refractivity contribution is 6.24. The Balaban J connectivity index is 3.11. The highest BCUT2D eigenvalue weighted by Crippen LogP contribution is 2.44. The number of nitro benzene ring substituents is 1. The van der Waals surface area contributed by atoms with Crippen molar-refractivity contribution in [3.8, 4) is 0 Å². The van der Waals surface area contributed by atoms with Crippen LogP contribution >= 0.6 is 11.6 Å². The van der Waals surface area contributed by atoms with E-state index in [4.69, 9.17) is 11.6 Å². The van der Waals surface area contributed by atoms with Crippen LogP contribution in [0.25, 0.3) is 0 Å². The van der Waals surface area contributed by atoms with E-state index in [1.807, 2.05) is 27.7 Å². The van der Waals surface area contributed by atoms with Crippen LogP contribution in [-0.4, -0.2) is 4.92 Å². The molecule has 0 saturated heterocycles. The van der Waals surface area contributed by atoms with Crippen LogP contribution in [0.2, 0.25) is 0 Å². The largest absolute Gasteiger partial charge is 0.269 e. The smallest absolute Gasteiger partial charge is 0.258 e. The summed E-state index contributed by atoms with van der Waals surface area (Å²) < 4.78 is 0. The van der Waals surface area contributed by atoms with Gasteiger partial charge in [-0.2, -0.15) is 0 Å². The quantitative estimate of drug-likeness (QED) is 0.445. The Morgan fingerprint density at radius 1 is 1.12 bits per heavy atom. The molecular formula is C12H16ClNO2. The van der Waals surface area contributed by atoms with Crippen molar-refractivity contribution < 1.29 is 4.92 Å². The fraction of sp³-hybridized carbons (Fsp3) is 0.500. The molecule has 0 amide bonds. The molecule has 0 heterocycles. The van der Waals surface area contributed by atoms with Gasteiger partial charge in [0.05, 0.1) is 9.80 Å². The molecule has 0 aromatic heterocycles. The van der Waals surface area contributed by atoms with Crippen LogP contribution in [0.15, 0.2) is 24.3 Å². The Labute approximate surface area is 101 Å². The van der Waals surface area contributed by atoms with Crippen molar-refractivity contribution in [3.05, 3.63) is 39.9 Å². The van der Waals surface area contributed by atoms with E-state index in [0.717, 1.165) is 5.56 Å². The lowest BCUT2D eigenvalue weighted by Crippen LogP contribution is -2.31. The van der Waals surface area contributed by atoms with Crippen LogP contribution in [0.1, 0.15) is 33.3 Å². The molecule has 1 unspecified atom stereocenters. The fourth-order valence-corrected chi connectivity index (χ4v) is 1.46. The summed E-state index contributed by atoms with van der Waals surface area (Å²) in [5, 5.41) is 10.5. The second-order valence-corrected chi connectivity index (χ2v) is 5.81. The zero-order chi connectivity index (χ0) is 12.6. The third kappa shape index (κ3) is 2.35. The van der Waals surface area contributed by atoms with E-state index in [9.17, 15) is 10.1 Å². The molecule has 0 fully saturated rings. The zero-order valence-electron chi connectivity index (χ0n) is 9.95. The lowest BCUT2D eigenvalue weighted by molar-refractivity contribution is -0.384. The van der Waals surface area contributed by atoms with Crippen LogP contribution in [-0.2, 0) is 4.87 Å². The molecule has 1 atom stereocenters. The van der Waals surface area contributed by atoms with E-state index in [-0.39, 0.29) is 11.1 Å². The summed E-state index contributed by atoms with van der Waals surface area (Å²) in [5.41, 5.74) is 0.863. The standard InChI is InChI=1S/C12H16ClNO2/c1-11(2,3)12(4,13)9-5-7-10(8-6-9)14(15)16/h5-8H,1-4H3. The van der Waals surface area contributed by atoms with Crippen LogP contribution < -0.4 is 0 Å². The van der Waals surface area contributed by atoms with Gasteiger partial charge in [-0.05, 0) is 17.9 Å². The molecular weight excluding hydrogens is 226 g/mol. The second kappa shape index (κ2) is 4.06. The van der Waals surface area contributed by atoms with Gasteiger partial charge in [0, 0.05) is 12.1 Å². The molecule has 0 aliphatic heterocycles. The van der Waals surface area contributed by atoms with Crippen molar-refractivity contribution in [1.82, 2.24) is 0 Å². The minimum absolute atomic E-state index is 0.0881. The second-order valence-electron chi connectivity index (χ2n) is 5.06. The summed E-state index contributed by atoms with van der Waals surface area (Å²) in [7, 11) is 0. The lowest BCUT2D eigenvalue weighted by atomic mass is 9.77. The fourth-order valence-electron chi connectivity index (χ4n) is 1.33. The Hall–Kier alpha value is -1.09. The molecule has 0 aliphatic rings. The Morgan fingerprint density at radius 3 is 1.88 bits per heavy atom. The lowest BCUT2D eigenvalue weighted by Gasteiger charge is -2.36. The maximum atomic E-state index is 10.5. The van der Waals surface area contributed by atoms with Crippen molar-refractivity contribution in [2.75, 3.05) is 0 Å². The molecule has 0 N–H and O–H groups in total. The highest BCUT2D eigenvalue weighted by atomic mass is 35.5. The first-order valence-corrected chi connectivity index (χ1v) is 5.48.